The normalized spacial score (nSPS) is 24.7. The average molecular weight is 497 g/mol. The van der Waals surface area contributed by atoms with Gasteiger partial charge < -0.3 is 0 Å². The van der Waals surface area contributed by atoms with Gasteiger partial charge in [0.1, 0.15) is 5.82 Å². The molecule has 2 aliphatic rings. The molecule has 2 aliphatic carbocycles. The number of hydrogen-bond acceptors (Lipinski definition) is 2. The maximum atomic E-state index is 4.83. The number of aromatic nitrogens is 2. The summed E-state index contributed by atoms with van der Waals surface area (Å²) in [6.45, 7) is 4.63. The minimum atomic E-state index is 0.613. The number of nitrogens with zero attached hydrogens (tertiary/aromatic N) is 2. The third kappa shape index (κ3) is 11.6. The second-order valence-corrected chi connectivity index (χ2v) is 12.7. The Morgan fingerprint density at radius 2 is 0.972 bits per heavy atom. The minimum Gasteiger partial charge on any atom is -0.241 e. The standard InChI is InChI=1S/C34H60N2/c1-3-5-7-8-9-10-11-12-13-14-16-32-27-35-34(36-28-32)33-25-23-31(24-26-33)22-21-30-19-17-29(18-20-30)15-6-4-2/h27-31,33H,3-26H2,1-2H3. The summed E-state index contributed by atoms with van der Waals surface area (Å²) >= 11 is 0. The molecule has 0 aromatic carbocycles. The highest BCUT2D eigenvalue weighted by atomic mass is 14.9. The van der Waals surface area contributed by atoms with E-state index in [0.717, 1.165) is 30.0 Å². The summed E-state index contributed by atoms with van der Waals surface area (Å²) < 4.78 is 0. The first kappa shape index (κ1) is 29.6. The molecule has 3 rings (SSSR count). The molecule has 36 heavy (non-hydrogen) atoms. The van der Waals surface area contributed by atoms with E-state index in [1.807, 2.05) is 0 Å². The summed E-state index contributed by atoms with van der Waals surface area (Å²) in [5, 5.41) is 0. The number of hydrogen-bond donors (Lipinski definition) is 0. The van der Waals surface area contributed by atoms with Gasteiger partial charge in [-0.2, -0.15) is 0 Å². The molecule has 2 saturated carbocycles. The van der Waals surface area contributed by atoms with E-state index in [1.54, 1.807) is 0 Å². The Bertz CT molecular complexity index is 638. The van der Waals surface area contributed by atoms with E-state index in [1.165, 1.54) is 153 Å². The molecular weight excluding hydrogens is 436 g/mol. The zero-order valence-electron chi connectivity index (χ0n) is 24.3. The van der Waals surface area contributed by atoms with Crippen molar-refractivity contribution in [2.75, 3.05) is 0 Å². The molecule has 0 atom stereocenters. The number of rotatable bonds is 18. The average Bonchev–Trinajstić information content (AvgIpc) is 2.93. The first-order valence-corrected chi connectivity index (χ1v) is 16.6. The highest BCUT2D eigenvalue weighted by Gasteiger charge is 2.26. The third-order valence-electron chi connectivity index (χ3n) is 9.67. The van der Waals surface area contributed by atoms with Crippen molar-refractivity contribution in [3.8, 4) is 0 Å². The van der Waals surface area contributed by atoms with Crippen LogP contribution in [0.15, 0.2) is 12.4 Å². The first-order chi connectivity index (χ1) is 17.8. The van der Waals surface area contributed by atoms with Crippen molar-refractivity contribution in [1.29, 1.82) is 0 Å². The highest BCUT2D eigenvalue weighted by molar-refractivity contribution is 5.08. The van der Waals surface area contributed by atoms with Gasteiger partial charge in [-0.3, -0.25) is 0 Å². The Balaban J connectivity index is 1.21. The molecule has 0 saturated heterocycles. The zero-order valence-corrected chi connectivity index (χ0v) is 24.3. The predicted molar refractivity (Wildman–Crippen MR) is 156 cm³/mol. The van der Waals surface area contributed by atoms with Gasteiger partial charge >= 0.3 is 0 Å². The summed E-state index contributed by atoms with van der Waals surface area (Å²) in [5.41, 5.74) is 1.34. The smallest absolute Gasteiger partial charge is 0.131 e. The lowest BCUT2D eigenvalue weighted by Crippen LogP contribution is -2.18. The maximum Gasteiger partial charge on any atom is 0.131 e. The van der Waals surface area contributed by atoms with E-state index >= 15 is 0 Å². The van der Waals surface area contributed by atoms with Gasteiger partial charge in [0.2, 0.25) is 0 Å². The van der Waals surface area contributed by atoms with Crippen LogP contribution in [0, 0.1) is 17.8 Å². The summed E-state index contributed by atoms with van der Waals surface area (Å²) in [4.78, 5) is 9.66. The van der Waals surface area contributed by atoms with Crippen LogP contribution in [0.2, 0.25) is 0 Å². The molecule has 2 fully saturated rings. The lowest BCUT2D eigenvalue weighted by molar-refractivity contribution is 0.222. The fourth-order valence-electron chi connectivity index (χ4n) is 7.00. The van der Waals surface area contributed by atoms with Crippen molar-refractivity contribution in [1.82, 2.24) is 9.97 Å². The zero-order chi connectivity index (χ0) is 25.3. The van der Waals surface area contributed by atoms with Crippen molar-refractivity contribution in [2.45, 2.75) is 174 Å². The summed E-state index contributed by atoms with van der Waals surface area (Å²) in [7, 11) is 0. The molecule has 0 aliphatic heterocycles. The Hall–Kier alpha value is -0.920. The molecule has 206 valence electrons. The summed E-state index contributed by atoms with van der Waals surface area (Å²) in [6, 6.07) is 0. The lowest BCUT2D eigenvalue weighted by Gasteiger charge is -2.31. The topological polar surface area (TPSA) is 25.8 Å². The van der Waals surface area contributed by atoms with Crippen LogP contribution in [0.1, 0.15) is 179 Å². The molecule has 0 spiro atoms. The minimum absolute atomic E-state index is 0.613. The van der Waals surface area contributed by atoms with Crippen LogP contribution >= 0.6 is 0 Å². The fraction of sp³-hybridized carbons (Fsp3) is 0.882. The first-order valence-electron chi connectivity index (χ1n) is 16.6. The van der Waals surface area contributed by atoms with Gasteiger partial charge in [-0.25, -0.2) is 9.97 Å². The van der Waals surface area contributed by atoms with Gasteiger partial charge in [-0.1, -0.05) is 129 Å². The molecule has 2 heteroatoms. The van der Waals surface area contributed by atoms with Crippen LogP contribution in [-0.2, 0) is 6.42 Å². The predicted octanol–water partition coefficient (Wildman–Crippen LogP) is 11.0. The molecule has 2 nitrogen and oxygen atoms in total. The maximum absolute atomic E-state index is 4.83. The van der Waals surface area contributed by atoms with Crippen LogP contribution in [0.25, 0.3) is 0 Å². The van der Waals surface area contributed by atoms with Gasteiger partial charge in [-0.05, 0) is 61.8 Å². The second kappa shape index (κ2) is 18.4. The van der Waals surface area contributed by atoms with E-state index in [4.69, 9.17) is 9.97 Å². The molecule has 0 bridgehead atoms. The van der Waals surface area contributed by atoms with Gasteiger partial charge in [0.25, 0.3) is 0 Å². The largest absolute Gasteiger partial charge is 0.241 e. The van der Waals surface area contributed by atoms with E-state index in [-0.39, 0.29) is 0 Å². The molecule has 1 aromatic rings. The quantitative estimate of drug-likeness (QED) is 0.189. The molecule has 0 radical (unpaired) electrons. The van der Waals surface area contributed by atoms with Crippen LogP contribution < -0.4 is 0 Å². The van der Waals surface area contributed by atoms with Gasteiger partial charge in [-0.15, -0.1) is 0 Å². The Morgan fingerprint density at radius 3 is 1.50 bits per heavy atom. The molecule has 0 amide bonds. The Labute approximate surface area is 225 Å². The van der Waals surface area contributed by atoms with Gasteiger partial charge in [0.15, 0.2) is 0 Å². The molecular formula is C34H60N2. The van der Waals surface area contributed by atoms with Crippen LogP contribution in [0.4, 0.5) is 0 Å². The van der Waals surface area contributed by atoms with Crippen LogP contribution in [0.3, 0.4) is 0 Å². The summed E-state index contributed by atoms with van der Waals surface area (Å²) in [6.07, 6.45) is 38.2. The van der Waals surface area contributed by atoms with Crippen molar-refractivity contribution in [2.24, 2.45) is 17.8 Å². The highest BCUT2D eigenvalue weighted by Crippen LogP contribution is 2.39. The van der Waals surface area contributed by atoms with Crippen molar-refractivity contribution in [3.05, 3.63) is 23.8 Å². The van der Waals surface area contributed by atoms with Crippen LogP contribution in [0.5, 0.6) is 0 Å². The van der Waals surface area contributed by atoms with E-state index in [0.29, 0.717) is 5.92 Å². The number of aryl methyl sites for hydroxylation is 1. The molecule has 0 unspecified atom stereocenters. The van der Waals surface area contributed by atoms with Crippen molar-refractivity contribution >= 4 is 0 Å². The molecule has 1 aromatic heterocycles. The SMILES string of the molecule is CCCCCCCCCCCCc1cnc(C2CCC(CCC3CCC(CCCC)CC3)CC2)nc1. The summed E-state index contributed by atoms with van der Waals surface area (Å²) in [5.74, 6) is 4.80. The van der Waals surface area contributed by atoms with Gasteiger partial charge in [0, 0.05) is 18.3 Å². The Morgan fingerprint density at radius 1 is 0.528 bits per heavy atom. The third-order valence-corrected chi connectivity index (χ3v) is 9.67. The fourth-order valence-corrected chi connectivity index (χ4v) is 7.00. The van der Waals surface area contributed by atoms with Crippen molar-refractivity contribution in [3.63, 3.8) is 0 Å². The monoisotopic (exact) mass is 496 g/mol. The molecule has 0 N–H and O–H groups in total. The van der Waals surface area contributed by atoms with E-state index in [2.05, 4.69) is 26.2 Å². The van der Waals surface area contributed by atoms with Crippen LogP contribution in [-0.4, -0.2) is 9.97 Å². The lowest BCUT2D eigenvalue weighted by atomic mass is 9.75. The second-order valence-electron chi connectivity index (χ2n) is 12.7. The van der Waals surface area contributed by atoms with Crippen molar-refractivity contribution < 1.29 is 0 Å². The Kier molecular flexibility index (Phi) is 15.1. The molecule has 1 heterocycles. The van der Waals surface area contributed by atoms with E-state index in [9.17, 15) is 0 Å². The number of unbranched alkanes of at least 4 members (excludes halogenated alkanes) is 10. The van der Waals surface area contributed by atoms with Gasteiger partial charge in [0.05, 0.1) is 0 Å². The van der Waals surface area contributed by atoms with E-state index < -0.39 is 0 Å².